The van der Waals surface area contributed by atoms with Crippen LogP contribution in [-0.4, -0.2) is 47.4 Å². The van der Waals surface area contributed by atoms with Crippen LogP contribution in [0.5, 0.6) is 0 Å². The predicted molar refractivity (Wildman–Crippen MR) is 119 cm³/mol. The standard InChI is InChI=1S/C26H22N2O4/c1-27-24(31)26(28(2)25(27)32,20-16-10-5-11-17-20)21(22(29)18-12-6-3-7-13-18)23(30)19-14-8-4-9-15-19/h3-17,21H,1-2H3. The molecule has 0 aliphatic carbocycles. The zero-order chi connectivity index (χ0) is 22.9. The van der Waals surface area contributed by atoms with Gasteiger partial charge < -0.3 is 4.90 Å². The highest BCUT2D eigenvalue weighted by Gasteiger charge is 2.64. The lowest BCUT2D eigenvalue weighted by Crippen LogP contribution is -2.56. The minimum atomic E-state index is -1.81. The van der Waals surface area contributed by atoms with E-state index in [0.29, 0.717) is 16.7 Å². The van der Waals surface area contributed by atoms with Crippen molar-refractivity contribution in [2.75, 3.05) is 14.1 Å². The van der Waals surface area contributed by atoms with E-state index in [9.17, 15) is 19.2 Å². The van der Waals surface area contributed by atoms with E-state index in [0.717, 1.165) is 4.90 Å². The van der Waals surface area contributed by atoms with Crippen LogP contribution < -0.4 is 0 Å². The van der Waals surface area contributed by atoms with Crippen molar-refractivity contribution in [2.45, 2.75) is 5.54 Å². The number of rotatable bonds is 6. The van der Waals surface area contributed by atoms with Crippen LogP contribution in [0.25, 0.3) is 0 Å². The Hall–Kier alpha value is -4.06. The Kier molecular flexibility index (Phi) is 5.45. The summed E-state index contributed by atoms with van der Waals surface area (Å²) in [5.41, 5.74) is -0.822. The van der Waals surface area contributed by atoms with Crippen molar-refractivity contribution in [3.8, 4) is 0 Å². The van der Waals surface area contributed by atoms with Crippen LogP contribution in [0.2, 0.25) is 0 Å². The van der Waals surface area contributed by atoms with Gasteiger partial charge in [0.1, 0.15) is 5.92 Å². The molecule has 32 heavy (non-hydrogen) atoms. The Morgan fingerprint density at radius 3 is 1.47 bits per heavy atom. The number of nitrogens with zero attached hydrogens (tertiary/aromatic N) is 2. The van der Waals surface area contributed by atoms with Gasteiger partial charge in [-0.1, -0.05) is 91.0 Å². The number of likely N-dealkylation sites (N-methyl/N-ethyl adjacent to an activating group) is 2. The lowest BCUT2D eigenvalue weighted by molar-refractivity contribution is -0.134. The third kappa shape index (κ3) is 3.12. The molecule has 3 amide bonds. The summed E-state index contributed by atoms with van der Waals surface area (Å²) in [6.45, 7) is 0. The molecule has 6 nitrogen and oxygen atoms in total. The molecular formula is C26H22N2O4. The molecule has 1 atom stereocenters. The molecule has 0 spiro atoms. The fourth-order valence-electron chi connectivity index (χ4n) is 4.39. The second-order valence-electron chi connectivity index (χ2n) is 7.73. The second kappa shape index (κ2) is 8.23. The molecule has 0 radical (unpaired) electrons. The summed E-state index contributed by atoms with van der Waals surface area (Å²) in [5.74, 6) is -3.13. The summed E-state index contributed by atoms with van der Waals surface area (Å²) in [4.78, 5) is 56.6. The van der Waals surface area contributed by atoms with Crippen molar-refractivity contribution in [1.29, 1.82) is 0 Å². The summed E-state index contributed by atoms with van der Waals surface area (Å²) >= 11 is 0. The van der Waals surface area contributed by atoms with Gasteiger partial charge >= 0.3 is 6.03 Å². The molecule has 4 rings (SSSR count). The lowest BCUT2D eigenvalue weighted by atomic mass is 9.70. The van der Waals surface area contributed by atoms with Crippen LogP contribution in [0, 0.1) is 5.92 Å². The van der Waals surface area contributed by atoms with Gasteiger partial charge in [-0.2, -0.15) is 0 Å². The Balaban J connectivity index is 2.02. The van der Waals surface area contributed by atoms with Crippen LogP contribution in [0.15, 0.2) is 91.0 Å². The highest BCUT2D eigenvalue weighted by atomic mass is 16.2. The zero-order valence-corrected chi connectivity index (χ0v) is 17.8. The average molecular weight is 426 g/mol. The number of carbonyl (C=O) groups is 4. The number of imide groups is 1. The van der Waals surface area contributed by atoms with Gasteiger partial charge in [0, 0.05) is 25.2 Å². The molecule has 1 heterocycles. The fraction of sp³-hybridized carbons (Fsp3) is 0.154. The maximum absolute atomic E-state index is 13.9. The first kappa shape index (κ1) is 21.2. The molecule has 0 bridgehead atoms. The molecule has 1 aliphatic heterocycles. The number of amides is 3. The normalized spacial score (nSPS) is 18.3. The number of urea groups is 1. The van der Waals surface area contributed by atoms with Crippen molar-refractivity contribution in [1.82, 2.24) is 9.80 Å². The molecule has 3 aromatic carbocycles. The van der Waals surface area contributed by atoms with Gasteiger partial charge in [0.05, 0.1) is 0 Å². The third-order valence-electron chi connectivity index (χ3n) is 6.01. The molecular weight excluding hydrogens is 404 g/mol. The first-order valence-corrected chi connectivity index (χ1v) is 10.2. The van der Waals surface area contributed by atoms with Crippen LogP contribution in [-0.2, 0) is 10.3 Å². The maximum Gasteiger partial charge on any atom is 0.327 e. The van der Waals surface area contributed by atoms with E-state index in [4.69, 9.17) is 0 Å². The van der Waals surface area contributed by atoms with E-state index in [1.54, 1.807) is 91.0 Å². The summed E-state index contributed by atoms with van der Waals surface area (Å²) in [7, 11) is 2.82. The topological polar surface area (TPSA) is 74.8 Å². The predicted octanol–water partition coefficient (Wildman–Crippen LogP) is 3.79. The highest BCUT2D eigenvalue weighted by molar-refractivity contribution is 6.22. The number of ketones is 2. The maximum atomic E-state index is 13.9. The SMILES string of the molecule is CN1C(=O)N(C)C(c2ccccc2)(C(C(=O)c2ccccc2)C(=O)c2ccccc2)C1=O. The van der Waals surface area contributed by atoms with Gasteiger partial charge in [0.25, 0.3) is 5.91 Å². The molecule has 1 aliphatic rings. The Bertz CT molecular complexity index is 1130. The molecule has 0 saturated carbocycles. The van der Waals surface area contributed by atoms with Crippen LogP contribution in [0.4, 0.5) is 4.79 Å². The van der Waals surface area contributed by atoms with Gasteiger partial charge in [0.15, 0.2) is 17.1 Å². The van der Waals surface area contributed by atoms with E-state index in [1.165, 1.54) is 19.0 Å². The van der Waals surface area contributed by atoms with E-state index >= 15 is 0 Å². The van der Waals surface area contributed by atoms with Gasteiger partial charge in [-0.25, -0.2) is 4.79 Å². The Morgan fingerprint density at radius 2 is 1.09 bits per heavy atom. The van der Waals surface area contributed by atoms with E-state index in [1.807, 2.05) is 0 Å². The summed E-state index contributed by atoms with van der Waals surface area (Å²) in [6, 6.07) is 24.7. The van der Waals surface area contributed by atoms with Gasteiger partial charge in [-0.15, -0.1) is 0 Å². The molecule has 0 aromatic heterocycles. The number of Topliss-reactive ketones (excluding diaryl/α,β-unsaturated/α-hetero) is 2. The number of benzene rings is 3. The lowest BCUT2D eigenvalue weighted by Gasteiger charge is -2.38. The Morgan fingerprint density at radius 1 is 0.688 bits per heavy atom. The second-order valence-corrected chi connectivity index (χ2v) is 7.73. The summed E-state index contributed by atoms with van der Waals surface area (Å²) in [6.07, 6.45) is 0. The quantitative estimate of drug-likeness (QED) is 0.342. The molecule has 1 saturated heterocycles. The molecule has 0 N–H and O–H groups in total. The van der Waals surface area contributed by atoms with Crippen LogP contribution in [0.3, 0.4) is 0 Å². The smallest absolute Gasteiger partial charge is 0.307 e. The first-order chi connectivity index (χ1) is 15.4. The highest BCUT2D eigenvalue weighted by Crippen LogP contribution is 2.44. The molecule has 6 heteroatoms. The third-order valence-corrected chi connectivity index (χ3v) is 6.01. The minimum absolute atomic E-state index is 0.292. The monoisotopic (exact) mass is 426 g/mol. The van der Waals surface area contributed by atoms with Crippen LogP contribution >= 0.6 is 0 Å². The van der Waals surface area contributed by atoms with Crippen LogP contribution in [0.1, 0.15) is 26.3 Å². The summed E-state index contributed by atoms with van der Waals surface area (Å²) in [5, 5.41) is 0. The first-order valence-electron chi connectivity index (χ1n) is 10.2. The van der Waals surface area contributed by atoms with Crippen molar-refractivity contribution < 1.29 is 19.2 Å². The fourth-order valence-corrected chi connectivity index (χ4v) is 4.39. The molecule has 1 unspecified atom stereocenters. The molecule has 3 aromatic rings. The van der Waals surface area contributed by atoms with Gasteiger partial charge in [-0.3, -0.25) is 19.3 Å². The van der Waals surface area contributed by atoms with Crippen molar-refractivity contribution >= 4 is 23.5 Å². The number of carbonyl (C=O) groups excluding carboxylic acids is 4. The molecule has 160 valence electrons. The minimum Gasteiger partial charge on any atom is -0.307 e. The van der Waals surface area contributed by atoms with Crippen molar-refractivity contribution in [2.24, 2.45) is 5.92 Å². The van der Waals surface area contributed by atoms with Crippen molar-refractivity contribution in [3.63, 3.8) is 0 Å². The van der Waals surface area contributed by atoms with E-state index in [2.05, 4.69) is 0 Å². The van der Waals surface area contributed by atoms with Crippen molar-refractivity contribution in [3.05, 3.63) is 108 Å². The van der Waals surface area contributed by atoms with Gasteiger partial charge in [-0.05, 0) is 5.56 Å². The number of hydrogen-bond acceptors (Lipinski definition) is 4. The summed E-state index contributed by atoms with van der Waals surface area (Å²) < 4.78 is 0. The zero-order valence-electron chi connectivity index (χ0n) is 17.8. The average Bonchev–Trinajstić information content (AvgIpc) is 3.02. The number of hydrogen-bond donors (Lipinski definition) is 0. The largest absolute Gasteiger partial charge is 0.327 e. The van der Waals surface area contributed by atoms with Gasteiger partial charge in [0.2, 0.25) is 0 Å². The molecule has 1 fully saturated rings. The Labute approximate surface area is 186 Å². The van der Waals surface area contributed by atoms with E-state index < -0.39 is 35.0 Å². The van der Waals surface area contributed by atoms with E-state index in [-0.39, 0.29) is 0 Å².